The fraction of sp³-hybridized carbons (Fsp3) is 0.778. The molecule has 0 heteroatoms. The Morgan fingerprint density at radius 1 is 1.44 bits per heavy atom. The van der Waals surface area contributed by atoms with Gasteiger partial charge in [-0.15, -0.1) is 6.58 Å². The summed E-state index contributed by atoms with van der Waals surface area (Å²) in [5.41, 5.74) is 0. The van der Waals surface area contributed by atoms with Crippen LogP contribution in [0.3, 0.4) is 0 Å². The van der Waals surface area contributed by atoms with E-state index in [0.717, 1.165) is 0 Å². The summed E-state index contributed by atoms with van der Waals surface area (Å²) >= 11 is 0. The van der Waals surface area contributed by atoms with Crippen LogP contribution in [0.25, 0.3) is 0 Å². The summed E-state index contributed by atoms with van der Waals surface area (Å²) in [5.74, 6) is 0.713. The summed E-state index contributed by atoms with van der Waals surface area (Å²) in [6, 6.07) is 0. The predicted octanol–water partition coefficient (Wildman–Crippen LogP) is 3.63. The van der Waals surface area contributed by atoms with Gasteiger partial charge in [-0.05, 0) is 12.3 Å². The summed E-state index contributed by atoms with van der Waals surface area (Å²) in [4.78, 5) is 0. The standard InChI is InChI=1S/C7H14.C2H6/c1-4-6-7(3)5-2;1-2/h5,7H,2,4,6H2,1,3H3;1-2H3. The Morgan fingerprint density at radius 3 is 2.00 bits per heavy atom. The maximum Gasteiger partial charge on any atom is -0.0265 e. The third-order valence-electron chi connectivity index (χ3n) is 1.15. The lowest BCUT2D eigenvalue weighted by atomic mass is 10.1. The molecule has 0 fully saturated rings. The Bertz CT molecular complexity index is 46.0. The Hall–Kier alpha value is -0.260. The van der Waals surface area contributed by atoms with E-state index in [-0.39, 0.29) is 0 Å². The van der Waals surface area contributed by atoms with Crippen LogP contribution in [0.4, 0.5) is 0 Å². The third-order valence-corrected chi connectivity index (χ3v) is 1.15. The molecule has 0 aliphatic heterocycles. The predicted molar refractivity (Wildman–Crippen MR) is 45.6 cm³/mol. The number of hydrogen-bond donors (Lipinski definition) is 0. The van der Waals surface area contributed by atoms with Crippen LogP contribution in [-0.4, -0.2) is 0 Å². The van der Waals surface area contributed by atoms with Gasteiger partial charge in [0.05, 0.1) is 0 Å². The molecule has 1 unspecified atom stereocenters. The molecule has 56 valence electrons. The van der Waals surface area contributed by atoms with Crippen molar-refractivity contribution < 1.29 is 0 Å². The summed E-state index contributed by atoms with van der Waals surface area (Å²) in [6.07, 6.45) is 4.56. The van der Waals surface area contributed by atoms with E-state index in [1.54, 1.807) is 0 Å². The summed E-state index contributed by atoms with van der Waals surface area (Å²) in [5, 5.41) is 0. The molecule has 0 radical (unpaired) electrons. The molecule has 0 spiro atoms. The Morgan fingerprint density at radius 2 is 1.89 bits per heavy atom. The van der Waals surface area contributed by atoms with E-state index in [1.165, 1.54) is 12.8 Å². The van der Waals surface area contributed by atoms with Crippen molar-refractivity contribution in [2.75, 3.05) is 0 Å². The van der Waals surface area contributed by atoms with Gasteiger partial charge in [0.1, 0.15) is 0 Å². The van der Waals surface area contributed by atoms with Crippen LogP contribution >= 0.6 is 0 Å². The SMILES string of the molecule is C=CC(C)CCC.CC. The van der Waals surface area contributed by atoms with Gasteiger partial charge in [0.25, 0.3) is 0 Å². The molecule has 0 amide bonds. The maximum atomic E-state index is 3.68. The van der Waals surface area contributed by atoms with Crippen LogP contribution in [-0.2, 0) is 0 Å². The highest BCUT2D eigenvalue weighted by Gasteiger charge is 1.89. The monoisotopic (exact) mass is 128 g/mol. The first-order valence-electron chi connectivity index (χ1n) is 3.93. The smallest absolute Gasteiger partial charge is 0.0265 e. The molecule has 0 bridgehead atoms. The van der Waals surface area contributed by atoms with Gasteiger partial charge in [-0.1, -0.05) is 40.2 Å². The molecule has 0 rings (SSSR count). The molecule has 0 aromatic heterocycles. The molecule has 0 saturated heterocycles. The minimum absolute atomic E-state index is 0.713. The van der Waals surface area contributed by atoms with Crippen LogP contribution in [0, 0.1) is 5.92 Å². The second-order valence-electron chi connectivity index (χ2n) is 2.00. The van der Waals surface area contributed by atoms with Crippen molar-refractivity contribution in [3.63, 3.8) is 0 Å². The lowest BCUT2D eigenvalue weighted by molar-refractivity contribution is 0.635. The highest BCUT2D eigenvalue weighted by Crippen LogP contribution is 2.03. The molecule has 0 nitrogen and oxygen atoms in total. The molecule has 1 atom stereocenters. The Balaban J connectivity index is 0. The molecule has 0 heterocycles. The molecule has 0 aromatic rings. The first kappa shape index (κ1) is 11.5. The van der Waals surface area contributed by atoms with E-state index < -0.39 is 0 Å². The van der Waals surface area contributed by atoms with Crippen molar-refractivity contribution in [3.05, 3.63) is 12.7 Å². The van der Waals surface area contributed by atoms with Gasteiger partial charge < -0.3 is 0 Å². The highest BCUT2D eigenvalue weighted by atomic mass is 13.9. The van der Waals surface area contributed by atoms with Crippen molar-refractivity contribution in [2.24, 2.45) is 5.92 Å². The maximum absolute atomic E-state index is 3.68. The lowest BCUT2D eigenvalue weighted by Gasteiger charge is -1.98. The van der Waals surface area contributed by atoms with Gasteiger partial charge in [0.15, 0.2) is 0 Å². The Labute approximate surface area is 60.0 Å². The van der Waals surface area contributed by atoms with E-state index in [4.69, 9.17) is 0 Å². The van der Waals surface area contributed by atoms with E-state index in [9.17, 15) is 0 Å². The van der Waals surface area contributed by atoms with Crippen molar-refractivity contribution in [3.8, 4) is 0 Å². The van der Waals surface area contributed by atoms with E-state index in [2.05, 4.69) is 20.4 Å². The van der Waals surface area contributed by atoms with Gasteiger partial charge in [-0.25, -0.2) is 0 Å². The molecular weight excluding hydrogens is 108 g/mol. The van der Waals surface area contributed by atoms with Gasteiger partial charge in [-0.3, -0.25) is 0 Å². The van der Waals surface area contributed by atoms with Gasteiger partial charge >= 0.3 is 0 Å². The average Bonchev–Trinajstić information content (AvgIpc) is 1.93. The van der Waals surface area contributed by atoms with Gasteiger partial charge in [0, 0.05) is 0 Å². The first-order chi connectivity index (χ1) is 4.31. The fourth-order valence-electron chi connectivity index (χ4n) is 0.573. The summed E-state index contributed by atoms with van der Waals surface area (Å²) in [7, 11) is 0. The van der Waals surface area contributed by atoms with Crippen LogP contribution in [0.15, 0.2) is 12.7 Å². The molecule has 0 aliphatic carbocycles. The number of rotatable bonds is 3. The largest absolute Gasteiger partial charge is 0.103 e. The fourth-order valence-corrected chi connectivity index (χ4v) is 0.573. The molecular formula is C9H20. The highest BCUT2D eigenvalue weighted by molar-refractivity contribution is 4.73. The summed E-state index contributed by atoms with van der Waals surface area (Å²) < 4.78 is 0. The zero-order valence-electron chi connectivity index (χ0n) is 7.28. The Kier molecular flexibility index (Phi) is 13.7. The first-order valence-corrected chi connectivity index (χ1v) is 3.93. The normalized spacial score (nSPS) is 11.1. The van der Waals surface area contributed by atoms with Crippen molar-refractivity contribution in [1.29, 1.82) is 0 Å². The van der Waals surface area contributed by atoms with Gasteiger partial charge in [-0.2, -0.15) is 0 Å². The summed E-state index contributed by atoms with van der Waals surface area (Å²) in [6.45, 7) is 12.1. The zero-order valence-corrected chi connectivity index (χ0v) is 7.28. The van der Waals surface area contributed by atoms with Crippen molar-refractivity contribution >= 4 is 0 Å². The quantitative estimate of drug-likeness (QED) is 0.509. The molecule has 0 aliphatic rings. The topological polar surface area (TPSA) is 0 Å². The van der Waals surface area contributed by atoms with Crippen LogP contribution < -0.4 is 0 Å². The zero-order chi connectivity index (χ0) is 7.70. The number of hydrogen-bond acceptors (Lipinski definition) is 0. The number of allylic oxidation sites excluding steroid dienone is 1. The van der Waals surface area contributed by atoms with Crippen LogP contribution in [0.2, 0.25) is 0 Å². The third kappa shape index (κ3) is 11.4. The average molecular weight is 128 g/mol. The van der Waals surface area contributed by atoms with Crippen molar-refractivity contribution in [2.45, 2.75) is 40.5 Å². The second kappa shape index (κ2) is 10.7. The van der Waals surface area contributed by atoms with Crippen molar-refractivity contribution in [1.82, 2.24) is 0 Å². The van der Waals surface area contributed by atoms with E-state index in [0.29, 0.717) is 5.92 Å². The van der Waals surface area contributed by atoms with E-state index in [1.807, 2.05) is 19.9 Å². The minimum Gasteiger partial charge on any atom is -0.103 e. The van der Waals surface area contributed by atoms with E-state index >= 15 is 0 Å². The van der Waals surface area contributed by atoms with Crippen LogP contribution in [0.1, 0.15) is 40.5 Å². The van der Waals surface area contributed by atoms with Gasteiger partial charge in [0.2, 0.25) is 0 Å². The minimum atomic E-state index is 0.713. The molecule has 9 heavy (non-hydrogen) atoms. The second-order valence-corrected chi connectivity index (χ2v) is 2.00. The molecule has 0 N–H and O–H groups in total. The molecule has 0 aromatic carbocycles. The lowest BCUT2D eigenvalue weighted by Crippen LogP contribution is -1.84. The molecule has 0 saturated carbocycles. The van der Waals surface area contributed by atoms with Crippen LogP contribution in [0.5, 0.6) is 0 Å².